The third kappa shape index (κ3) is 2.90. The average Bonchev–Trinajstić information content (AvgIpc) is 2.37. The fraction of sp³-hybridized carbons (Fsp3) is 0.846. The van der Waals surface area contributed by atoms with E-state index in [1.165, 1.54) is 0 Å². The van der Waals surface area contributed by atoms with Crippen molar-refractivity contribution in [2.75, 3.05) is 39.9 Å². The molecule has 108 valence electrons. The molecule has 2 amide bonds. The Balaban J connectivity index is 1.99. The molecule has 2 rings (SSSR count). The molecule has 0 aromatic rings. The maximum absolute atomic E-state index is 12.4. The Kier molecular flexibility index (Phi) is 4.10. The summed E-state index contributed by atoms with van der Waals surface area (Å²) < 4.78 is 5.35. The summed E-state index contributed by atoms with van der Waals surface area (Å²) in [4.78, 5) is 27.9. The van der Waals surface area contributed by atoms with Crippen LogP contribution in [0.3, 0.4) is 0 Å². The molecular formula is C13H23N3O3. The summed E-state index contributed by atoms with van der Waals surface area (Å²) in [6.45, 7) is 6.87. The van der Waals surface area contributed by atoms with Crippen LogP contribution >= 0.6 is 0 Å². The lowest BCUT2D eigenvalue weighted by Crippen LogP contribution is -2.64. The maximum Gasteiger partial charge on any atom is 0.247 e. The van der Waals surface area contributed by atoms with Crippen molar-refractivity contribution in [3.8, 4) is 0 Å². The molecular weight excluding hydrogens is 246 g/mol. The van der Waals surface area contributed by atoms with Gasteiger partial charge in [-0.1, -0.05) is 0 Å². The molecule has 0 bridgehead atoms. The number of ether oxygens (including phenoxy) is 1. The third-order valence-corrected chi connectivity index (χ3v) is 3.92. The summed E-state index contributed by atoms with van der Waals surface area (Å²) in [5.74, 6) is 0.0226. The van der Waals surface area contributed by atoms with Crippen molar-refractivity contribution < 1.29 is 14.3 Å². The van der Waals surface area contributed by atoms with Crippen molar-refractivity contribution in [3.63, 3.8) is 0 Å². The van der Waals surface area contributed by atoms with Gasteiger partial charge in [0, 0.05) is 39.1 Å². The number of likely N-dealkylation sites (N-methyl/N-ethyl adjacent to an activating group) is 1. The van der Waals surface area contributed by atoms with E-state index in [9.17, 15) is 9.59 Å². The zero-order valence-corrected chi connectivity index (χ0v) is 11.9. The first-order valence-electron chi connectivity index (χ1n) is 6.80. The van der Waals surface area contributed by atoms with Crippen molar-refractivity contribution >= 4 is 11.8 Å². The molecule has 2 saturated heterocycles. The van der Waals surface area contributed by atoms with Gasteiger partial charge in [-0.05, 0) is 13.8 Å². The monoisotopic (exact) mass is 269 g/mol. The summed E-state index contributed by atoms with van der Waals surface area (Å²) in [7, 11) is 1.78. The topological polar surface area (TPSA) is 61.9 Å². The van der Waals surface area contributed by atoms with Crippen LogP contribution in [-0.4, -0.2) is 73.1 Å². The van der Waals surface area contributed by atoms with Crippen molar-refractivity contribution in [2.24, 2.45) is 0 Å². The highest BCUT2D eigenvalue weighted by Crippen LogP contribution is 2.23. The zero-order chi connectivity index (χ0) is 14.0. The predicted molar refractivity (Wildman–Crippen MR) is 70.7 cm³/mol. The molecule has 0 aliphatic carbocycles. The number of amides is 2. The number of hydrogen-bond acceptors (Lipinski definition) is 4. The van der Waals surface area contributed by atoms with Gasteiger partial charge in [0.05, 0.1) is 13.2 Å². The first-order chi connectivity index (χ1) is 8.93. The van der Waals surface area contributed by atoms with E-state index in [1.54, 1.807) is 16.8 Å². The van der Waals surface area contributed by atoms with Crippen LogP contribution in [0.25, 0.3) is 0 Å². The summed E-state index contributed by atoms with van der Waals surface area (Å²) in [5, 5.41) is 3.27. The van der Waals surface area contributed by atoms with Gasteiger partial charge in [-0.15, -0.1) is 0 Å². The number of carbonyl (C=O) groups excluding carboxylic acids is 2. The maximum atomic E-state index is 12.4. The standard InChI is InChI=1S/C13H23N3O3/c1-13(2)12(18)15(3)5-6-16(13)11(17)8-10-9-19-7-4-14-10/h10,14H,4-9H2,1-3H3/t10-/m0/s1. The van der Waals surface area contributed by atoms with Gasteiger partial charge in [-0.3, -0.25) is 9.59 Å². The molecule has 2 aliphatic heterocycles. The predicted octanol–water partition coefficient (Wildman–Crippen LogP) is -0.556. The van der Waals surface area contributed by atoms with Gasteiger partial charge in [0.15, 0.2) is 0 Å². The molecule has 6 heteroatoms. The second-order valence-electron chi connectivity index (χ2n) is 5.76. The third-order valence-electron chi connectivity index (χ3n) is 3.92. The number of morpholine rings is 1. The first kappa shape index (κ1) is 14.3. The zero-order valence-electron chi connectivity index (χ0n) is 11.9. The number of piperazine rings is 1. The highest BCUT2D eigenvalue weighted by Gasteiger charge is 2.43. The van der Waals surface area contributed by atoms with Crippen LogP contribution in [-0.2, 0) is 14.3 Å². The molecule has 2 heterocycles. The normalized spacial score (nSPS) is 27.5. The molecule has 1 N–H and O–H groups in total. The Bertz CT molecular complexity index is 364. The van der Waals surface area contributed by atoms with Crippen LogP contribution < -0.4 is 5.32 Å². The van der Waals surface area contributed by atoms with Gasteiger partial charge in [-0.2, -0.15) is 0 Å². The molecule has 6 nitrogen and oxygen atoms in total. The van der Waals surface area contributed by atoms with Gasteiger partial charge < -0.3 is 19.9 Å². The van der Waals surface area contributed by atoms with Crippen molar-refractivity contribution in [1.82, 2.24) is 15.1 Å². The van der Waals surface area contributed by atoms with Crippen LogP contribution in [0.5, 0.6) is 0 Å². The van der Waals surface area contributed by atoms with Crippen LogP contribution in [0.4, 0.5) is 0 Å². The lowest BCUT2D eigenvalue weighted by Gasteiger charge is -2.45. The Morgan fingerprint density at radius 1 is 1.47 bits per heavy atom. The molecule has 1 atom stereocenters. The fourth-order valence-corrected chi connectivity index (χ4v) is 2.72. The van der Waals surface area contributed by atoms with Gasteiger partial charge >= 0.3 is 0 Å². The highest BCUT2D eigenvalue weighted by atomic mass is 16.5. The largest absolute Gasteiger partial charge is 0.378 e. The molecule has 0 unspecified atom stereocenters. The molecule has 2 aliphatic rings. The van der Waals surface area contributed by atoms with Gasteiger partial charge in [-0.25, -0.2) is 0 Å². The minimum Gasteiger partial charge on any atom is -0.378 e. The fourth-order valence-electron chi connectivity index (χ4n) is 2.72. The number of nitrogens with one attached hydrogen (secondary N) is 1. The summed E-state index contributed by atoms with van der Waals surface area (Å²) in [6.07, 6.45) is 0.389. The van der Waals surface area contributed by atoms with E-state index in [0.29, 0.717) is 32.7 Å². The van der Waals surface area contributed by atoms with Crippen LogP contribution in [0.1, 0.15) is 20.3 Å². The van der Waals surface area contributed by atoms with Gasteiger partial charge in [0.2, 0.25) is 11.8 Å². The minimum absolute atomic E-state index is 0.0000432. The second kappa shape index (κ2) is 5.46. The smallest absolute Gasteiger partial charge is 0.247 e. The summed E-state index contributed by atoms with van der Waals surface area (Å²) >= 11 is 0. The lowest BCUT2D eigenvalue weighted by atomic mass is 9.96. The minimum atomic E-state index is -0.750. The number of rotatable bonds is 2. The Hall–Kier alpha value is -1.14. The number of nitrogens with zero attached hydrogens (tertiary/aromatic N) is 2. The van der Waals surface area contributed by atoms with Crippen LogP contribution in [0.2, 0.25) is 0 Å². The Labute approximate surface area is 114 Å². The summed E-state index contributed by atoms with van der Waals surface area (Å²) in [6, 6.07) is 0.0619. The van der Waals surface area contributed by atoms with E-state index in [4.69, 9.17) is 4.74 Å². The van der Waals surface area contributed by atoms with E-state index in [0.717, 1.165) is 6.54 Å². The Morgan fingerprint density at radius 2 is 2.21 bits per heavy atom. The second-order valence-corrected chi connectivity index (χ2v) is 5.76. The molecule has 0 spiro atoms. The lowest BCUT2D eigenvalue weighted by molar-refractivity contribution is -0.157. The quantitative estimate of drug-likeness (QED) is 0.730. The number of hydrogen-bond donors (Lipinski definition) is 1. The van der Waals surface area contributed by atoms with Crippen molar-refractivity contribution in [3.05, 3.63) is 0 Å². The van der Waals surface area contributed by atoms with Crippen LogP contribution in [0.15, 0.2) is 0 Å². The van der Waals surface area contributed by atoms with Crippen LogP contribution in [0, 0.1) is 0 Å². The van der Waals surface area contributed by atoms with E-state index in [1.807, 2.05) is 13.8 Å². The van der Waals surface area contributed by atoms with E-state index < -0.39 is 5.54 Å². The molecule has 0 radical (unpaired) electrons. The van der Waals surface area contributed by atoms with Gasteiger partial charge in [0.1, 0.15) is 5.54 Å². The molecule has 2 fully saturated rings. The Morgan fingerprint density at radius 3 is 2.84 bits per heavy atom. The van der Waals surface area contributed by atoms with Crippen molar-refractivity contribution in [1.29, 1.82) is 0 Å². The van der Waals surface area contributed by atoms with Gasteiger partial charge in [0.25, 0.3) is 0 Å². The first-order valence-corrected chi connectivity index (χ1v) is 6.80. The average molecular weight is 269 g/mol. The van der Waals surface area contributed by atoms with Crippen molar-refractivity contribution in [2.45, 2.75) is 31.8 Å². The van der Waals surface area contributed by atoms with E-state index in [2.05, 4.69) is 5.32 Å². The molecule has 0 aromatic heterocycles. The highest BCUT2D eigenvalue weighted by molar-refractivity contribution is 5.91. The van der Waals surface area contributed by atoms with E-state index in [-0.39, 0.29) is 17.9 Å². The number of carbonyl (C=O) groups is 2. The SMILES string of the molecule is CN1CCN(C(=O)C[C@H]2COCCN2)C(C)(C)C1=O. The molecule has 0 saturated carbocycles. The molecule has 0 aromatic carbocycles. The van der Waals surface area contributed by atoms with E-state index >= 15 is 0 Å². The summed E-state index contributed by atoms with van der Waals surface area (Å²) in [5.41, 5.74) is -0.750. The molecule has 19 heavy (non-hydrogen) atoms.